The number of rotatable bonds is 9. The number of carbonyl (C=O) groups excluding carboxylic acids is 1. The number of aliphatic hydroxyl groups is 1. The van der Waals surface area contributed by atoms with E-state index in [1.54, 1.807) is 6.34 Å². The van der Waals surface area contributed by atoms with Crippen molar-refractivity contribution in [3.63, 3.8) is 0 Å². The minimum atomic E-state index is -0.912. The Morgan fingerprint density at radius 2 is 1.86 bits per heavy atom. The molecule has 3 aromatic rings. The molecule has 1 aromatic heterocycles. The predicted molar refractivity (Wildman–Crippen MR) is 148 cm³/mol. The Kier molecular flexibility index (Phi) is 8.41. The zero-order valence-electron chi connectivity index (χ0n) is 22.0. The van der Waals surface area contributed by atoms with E-state index in [9.17, 15) is 9.90 Å². The maximum Gasteiger partial charge on any atom is 0.223 e. The van der Waals surface area contributed by atoms with Gasteiger partial charge in [0, 0.05) is 38.7 Å². The highest BCUT2D eigenvalue weighted by Gasteiger charge is 2.34. The fraction of sp³-hybridized carbons (Fsp3) is 0.414. The SMILES string of the molecule is Cc1nn(C)c(-c2ccc(CN)cc2)c1NC=NCC1(O)CCN(C(=O)C[C@@H](C)c2ccccc2)CC1. The van der Waals surface area contributed by atoms with Gasteiger partial charge in [-0.2, -0.15) is 5.10 Å². The largest absolute Gasteiger partial charge is 0.388 e. The molecule has 1 aliphatic rings. The Morgan fingerprint density at radius 3 is 2.51 bits per heavy atom. The van der Waals surface area contributed by atoms with Crippen LogP contribution in [0.15, 0.2) is 59.6 Å². The topological polar surface area (TPSA) is 109 Å². The lowest BCUT2D eigenvalue weighted by Gasteiger charge is -2.37. The van der Waals surface area contributed by atoms with Crippen LogP contribution < -0.4 is 11.1 Å². The van der Waals surface area contributed by atoms with Crippen molar-refractivity contribution in [1.82, 2.24) is 14.7 Å². The van der Waals surface area contributed by atoms with Gasteiger partial charge in [-0.05, 0) is 36.8 Å². The molecule has 1 saturated heterocycles. The minimum Gasteiger partial charge on any atom is -0.388 e. The zero-order chi connectivity index (χ0) is 26.4. The number of nitrogens with zero attached hydrogens (tertiary/aromatic N) is 4. The summed E-state index contributed by atoms with van der Waals surface area (Å²) in [6.07, 6.45) is 3.14. The van der Waals surface area contributed by atoms with Crippen molar-refractivity contribution in [2.45, 2.75) is 51.2 Å². The predicted octanol–water partition coefficient (Wildman–Crippen LogP) is 3.84. The third-order valence-electron chi connectivity index (χ3n) is 7.27. The van der Waals surface area contributed by atoms with E-state index in [2.05, 4.69) is 34.5 Å². The number of aliphatic imine (C=N–C) groups is 1. The summed E-state index contributed by atoms with van der Waals surface area (Å²) in [4.78, 5) is 19.2. The van der Waals surface area contributed by atoms with Crippen LogP contribution in [0, 0.1) is 6.92 Å². The van der Waals surface area contributed by atoms with Gasteiger partial charge in [-0.3, -0.25) is 14.5 Å². The molecule has 4 N–H and O–H groups in total. The Morgan fingerprint density at radius 1 is 1.19 bits per heavy atom. The zero-order valence-corrected chi connectivity index (χ0v) is 22.0. The number of aryl methyl sites for hydroxylation is 2. The molecule has 0 unspecified atom stereocenters. The summed E-state index contributed by atoms with van der Waals surface area (Å²) in [5.41, 5.74) is 10.8. The van der Waals surface area contributed by atoms with Crippen LogP contribution in [0.3, 0.4) is 0 Å². The van der Waals surface area contributed by atoms with Crippen LogP contribution in [0.5, 0.6) is 0 Å². The molecule has 1 aliphatic heterocycles. The van der Waals surface area contributed by atoms with Crippen molar-refractivity contribution >= 4 is 17.9 Å². The van der Waals surface area contributed by atoms with E-state index in [0.717, 1.165) is 28.2 Å². The van der Waals surface area contributed by atoms with Gasteiger partial charge in [-0.25, -0.2) is 0 Å². The van der Waals surface area contributed by atoms with Crippen LogP contribution in [0.4, 0.5) is 5.69 Å². The molecule has 1 fully saturated rings. The first-order valence-corrected chi connectivity index (χ1v) is 12.9. The fourth-order valence-corrected chi connectivity index (χ4v) is 4.91. The molecular weight excluding hydrogens is 464 g/mol. The van der Waals surface area contributed by atoms with Crippen LogP contribution in [0.25, 0.3) is 11.3 Å². The lowest BCUT2D eigenvalue weighted by molar-refractivity contribution is -0.135. The third kappa shape index (κ3) is 6.45. The molecule has 0 spiro atoms. The summed E-state index contributed by atoms with van der Waals surface area (Å²) < 4.78 is 1.85. The summed E-state index contributed by atoms with van der Waals surface area (Å²) in [5, 5.41) is 18.9. The van der Waals surface area contributed by atoms with Crippen molar-refractivity contribution < 1.29 is 9.90 Å². The summed E-state index contributed by atoms with van der Waals surface area (Å²) in [7, 11) is 1.92. The molecule has 8 heteroatoms. The van der Waals surface area contributed by atoms with Gasteiger partial charge >= 0.3 is 0 Å². The Hall–Kier alpha value is -3.49. The second kappa shape index (κ2) is 11.7. The summed E-state index contributed by atoms with van der Waals surface area (Å²) >= 11 is 0. The molecule has 1 atom stereocenters. The fourth-order valence-electron chi connectivity index (χ4n) is 4.91. The van der Waals surface area contributed by atoms with Crippen molar-refractivity contribution in [2.75, 3.05) is 25.0 Å². The molecule has 0 radical (unpaired) electrons. The Balaban J connectivity index is 1.30. The molecule has 196 valence electrons. The van der Waals surface area contributed by atoms with Gasteiger partial charge in [0.2, 0.25) is 5.91 Å². The van der Waals surface area contributed by atoms with E-state index < -0.39 is 5.60 Å². The van der Waals surface area contributed by atoms with Gasteiger partial charge in [-0.1, -0.05) is 61.5 Å². The van der Waals surface area contributed by atoms with Crippen molar-refractivity contribution in [3.05, 3.63) is 71.4 Å². The molecule has 1 amide bonds. The molecule has 0 bridgehead atoms. The molecular formula is C29H38N6O2. The van der Waals surface area contributed by atoms with Crippen LogP contribution in [0.1, 0.15) is 48.9 Å². The molecule has 4 rings (SSSR count). The average molecular weight is 503 g/mol. The first-order chi connectivity index (χ1) is 17.8. The quantitative estimate of drug-likeness (QED) is 0.304. The first kappa shape index (κ1) is 26.6. The maximum absolute atomic E-state index is 12.8. The number of likely N-dealkylation sites (tertiary alicyclic amines) is 1. The second-order valence-corrected chi connectivity index (χ2v) is 10.1. The lowest BCUT2D eigenvalue weighted by atomic mass is 9.90. The molecule has 0 saturated carbocycles. The second-order valence-electron chi connectivity index (χ2n) is 10.1. The van der Waals surface area contributed by atoms with Crippen LogP contribution in [0.2, 0.25) is 0 Å². The Bertz CT molecular complexity index is 1210. The van der Waals surface area contributed by atoms with Gasteiger partial charge in [0.25, 0.3) is 0 Å². The minimum absolute atomic E-state index is 0.141. The summed E-state index contributed by atoms with van der Waals surface area (Å²) in [6, 6.07) is 18.2. The van der Waals surface area contributed by atoms with E-state index in [-0.39, 0.29) is 18.4 Å². The number of hydrogen-bond acceptors (Lipinski definition) is 5. The monoisotopic (exact) mass is 502 g/mol. The number of hydrogen-bond donors (Lipinski definition) is 3. The number of carbonyl (C=O) groups is 1. The number of amides is 1. The highest BCUT2D eigenvalue weighted by molar-refractivity contribution is 5.86. The number of piperidine rings is 1. The van der Waals surface area contributed by atoms with E-state index >= 15 is 0 Å². The van der Waals surface area contributed by atoms with Gasteiger partial charge in [0.1, 0.15) is 0 Å². The van der Waals surface area contributed by atoms with Crippen molar-refractivity contribution in [1.29, 1.82) is 0 Å². The van der Waals surface area contributed by atoms with Crippen molar-refractivity contribution in [2.24, 2.45) is 17.8 Å². The number of anilines is 1. The van der Waals surface area contributed by atoms with Crippen LogP contribution >= 0.6 is 0 Å². The smallest absolute Gasteiger partial charge is 0.223 e. The summed E-state index contributed by atoms with van der Waals surface area (Å²) in [6.45, 7) is 5.91. The van der Waals surface area contributed by atoms with E-state index in [4.69, 9.17) is 5.73 Å². The maximum atomic E-state index is 12.8. The molecule has 8 nitrogen and oxygen atoms in total. The third-order valence-corrected chi connectivity index (χ3v) is 7.27. The number of benzene rings is 2. The first-order valence-electron chi connectivity index (χ1n) is 12.9. The molecule has 37 heavy (non-hydrogen) atoms. The lowest BCUT2D eigenvalue weighted by Crippen LogP contribution is -2.48. The summed E-state index contributed by atoms with van der Waals surface area (Å²) in [5.74, 6) is 0.312. The Labute approximate surface area is 219 Å². The van der Waals surface area contributed by atoms with Crippen LogP contribution in [-0.4, -0.2) is 57.3 Å². The van der Waals surface area contributed by atoms with Gasteiger partial charge in [-0.15, -0.1) is 0 Å². The molecule has 2 heterocycles. The number of nitrogens with one attached hydrogen (secondary N) is 1. The van der Waals surface area contributed by atoms with Gasteiger partial charge in [0.05, 0.1) is 35.6 Å². The standard InChI is InChI=1S/C29H38N6O2/c1-21(24-7-5-4-6-8-24)17-26(36)35-15-13-29(37,14-16-35)19-31-20-32-27-22(2)33-34(3)28(27)25-11-9-23(18-30)10-12-25/h4-12,20-21,37H,13-19,30H2,1-3H3,(H,31,32)/t21-/m1/s1. The van der Waals surface area contributed by atoms with Gasteiger partial charge < -0.3 is 21.1 Å². The van der Waals surface area contributed by atoms with Gasteiger partial charge in [0.15, 0.2) is 0 Å². The van der Waals surface area contributed by atoms with Crippen LogP contribution in [-0.2, 0) is 18.4 Å². The van der Waals surface area contributed by atoms with E-state index in [1.165, 1.54) is 5.56 Å². The van der Waals surface area contributed by atoms with Crippen molar-refractivity contribution in [3.8, 4) is 11.3 Å². The number of nitrogens with two attached hydrogens (primary N) is 1. The normalized spacial score (nSPS) is 16.2. The number of aromatic nitrogens is 2. The van der Waals surface area contributed by atoms with E-state index in [0.29, 0.717) is 38.9 Å². The average Bonchev–Trinajstić information content (AvgIpc) is 3.19. The highest BCUT2D eigenvalue weighted by Crippen LogP contribution is 2.30. The molecule has 0 aliphatic carbocycles. The molecule has 2 aromatic carbocycles. The van der Waals surface area contributed by atoms with E-state index in [1.807, 2.05) is 66.0 Å². The highest BCUT2D eigenvalue weighted by atomic mass is 16.3.